The second kappa shape index (κ2) is 6.54. The van der Waals surface area contributed by atoms with E-state index in [9.17, 15) is 14.0 Å². The van der Waals surface area contributed by atoms with Crippen molar-refractivity contribution in [2.45, 2.75) is 23.6 Å². The minimum absolute atomic E-state index is 0.105. The summed E-state index contributed by atoms with van der Waals surface area (Å²) in [6.07, 6.45) is 0. The molecule has 0 saturated heterocycles. The van der Waals surface area contributed by atoms with Crippen LogP contribution in [0.15, 0.2) is 52.3 Å². The zero-order chi connectivity index (χ0) is 15.4. The molecule has 1 amide bonds. The van der Waals surface area contributed by atoms with Crippen molar-refractivity contribution in [3.63, 3.8) is 0 Å². The number of hydrogen-bond donors (Lipinski definition) is 1. The fourth-order valence-corrected chi connectivity index (χ4v) is 2.88. The number of ketones is 1. The van der Waals surface area contributed by atoms with Crippen molar-refractivity contribution in [2.75, 3.05) is 5.32 Å². The predicted octanol–water partition coefficient (Wildman–Crippen LogP) is 4.14. The Morgan fingerprint density at radius 2 is 1.71 bits per heavy atom. The molecule has 108 valence electrons. The summed E-state index contributed by atoms with van der Waals surface area (Å²) >= 11 is 1.31. The molecule has 0 aromatic heterocycles. The van der Waals surface area contributed by atoms with Gasteiger partial charge in [-0.25, -0.2) is 4.39 Å². The molecular weight excluding hydrogens is 289 g/mol. The maximum atomic E-state index is 13.7. The monoisotopic (exact) mass is 303 g/mol. The van der Waals surface area contributed by atoms with Crippen LogP contribution in [-0.4, -0.2) is 11.7 Å². The van der Waals surface area contributed by atoms with Crippen molar-refractivity contribution in [1.82, 2.24) is 0 Å². The Hall–Kier alpha value is -2.14. The molecule has 5 heteroatoms. The van der Waals surface area contributed by atoms with Crippen molar-refractivity contribution in [2.24, 2.45) is 0 Å². The van der Waals surface area contributed by atoms with E-state index in [0.29, 0.717) is 10.6 Å². The van der Waals surface area contributed by atoms with Crippen molar-refractivity contribution >= 4 is 29.1 Å². The van der Waals surface area contributed by atoms with Crippen LogP contribution in [0, 0.1) is 5.82 Å². The maximum Gasteiger partial charge on any atom is 0.221 e. The molecule has 0 radical (unpaired) electrons. The summed E-state index contributed by atoms with van der Waals surface area (Å²) in [7, 11) is 0. The second-order valence-corrected chi connectivity index (χ2v) is 5.59. The number of halogens is 1. The number of hydrogen-bond acceptors (Lipinski definition) is 3. The van der Waals surface area contributed by atoms with Crippen LogP contribution in [0.5, 0.6) is 0 Å². The van der Waals surface area contributed by atoms with Gasteiger partial charge in [0.25, 0.3) is 0 Å². The van der Waals surface area contributed by atoms with Gasteiger partial charge in [0.2, 0.25) is 5.91 Å². The highest BCUT2D eigenvalue weighted by Crippen LogP contribution is 2.32. The molecule has 2 aromatic carbocycles. The van der Waals surface area contributed by atoms with Gasteiger partial charge < -0.3 is 5.32 Å². The molecule has 0 bridgehead atoms. The SMILES string of the molecule is CC(=O)Nc1ccc(Sc2cccc(F)c2C(C)=O)cc1. The lowest BCUT2D eigenvalue weighted by atomic mass is 10.1. The number of anilines is 1. The lowest BCUT2D eigenvalue weighted by molar-refractivity contribution is -0.114. The fraction of sp³-hybridized carbons (Fsp3) is 0.125. The molecule has 0 heterocycles. The third-order valence-corrected chi connectivity index (χ3v) is 3.80. The molecule has 21 heavy (non-hydrogen) atoms. The van der Waals surface area contributed by atoms with Crippen molar-refractivity contribution < 1.29 is 14.0 Å². The molecule has 0 aliphatic heterocycles. The van der Waals surface area contributed by atoms with E-state index in [1.54, 1.807) is 24.3 Å². The van der Waals surface area contributed by atoms with Crippen LogP contribution >= 0.6 is 11.8 Å². The zero-order valence-corrected chi connectivity index (χ0v) is 12.5. The van der Waals surface area contributed by atoms with Crippen LogP contribution in [0.1, 0.15) is 24.2 Å². The Labute approximate surface area is 126 Å². The van der Waals surface area contributed by atoms with Gasteiger partial charge in [0.15, 0.2) is 5.78 Å². The van der Waals surface area contributed by atoms with E-state index < -0.39 is 5.82 Å². The molecule has 0 unspecified atom stereocenters. The third kappa shape index (κ3) is 3.92. The van der Waals surface area contributed by atoms with E-state index in [1.165, 1.54) is 31.7 Å². The molecule has 0 aliphatic carbocycles. The number of carbonyl (C=O) groups is 2. The summed E-state index contributed by atoms with van der Waals surface area (Å²) in [6.45, 7) is 2.79. The Bertz CT molecular complexity index is 683. The summed E-state index contributed by atoms with van der Waals surface area (Å²) in [6, 6.07) is 11.7. The van der Waals surface area contributed by atoms with Crippen LogP contribution in [0.2, 0.25) is 0 Å². The highest BCUT2D eigenvalue weighted by Gasteiger charge is 2.13. The quantitative estimate of drug-likeness (QED) is 0.864. The second-order valence-electron chi connectivity index (χ2n) is 4.48. The standard InChI is InChI=1S/C16H14FNO2S/c1-10(19)16-14(17)4-3-5-15(16)21-13-8-6-12(7-9-13)18-11(2)20/h3-9H,1-2H3,(H,18,20). The summed E-state index contributed by atoms with van der Waals surface area (Å²) in [5.74, 6) is -0.952. The van der Waals surface area contributed by atoms with Crippen LogP contribution < -0.4 is 5.32 Å². The van der Waals surface area contributed by atoms with Crippen LogP contribution in [-0.2, 0) is 4.79 Å². The van der Waals surface area contributed by atoms with E-state index in [2.05, 4.69) is 5.32 Å². The first-order valence-electron chi connectivity index (χ1n) is 6.32. The number of amides is 1. The van der Waals surface area contributed by atoms with E-state index in [-0.39, 0.29) is 17.3 Å². The number of Topliss-reactive ketones (excluding diaryl/α,β-unsaturated/α-hetero) is 1. The molecule has 0 spiro atoms. The zero-order valence-electron chi connectivity index (χ0n) is 11.6. The van der Waals surface area contributed by atoms with Gasteiger partial charge in [-0.05, 0) is 43.3 Å². The molecule has 0 aliphatic rings. The van der Waals surface area contributed by atoms with Gasteiger partial charge in [-0.3, -0.25) is 9.59 Å². The van der Waals surface area contributed by atoms with Gasteiger partial charge in [0.05, 0.1) is 5.56 Å². The first-order valence-corrected chi connectivity index (χ1v) is 7.14. The summed E-state index contributed by atoms with van der Waals surface area (Å²) < 4.78 is 13.7. The molecule has 0 fully saturated rings. The molecule has 3 nitrogen and oxygen atoms in total. The Morgan fingerprint density at radius 1 is 1.05 bits per heavy atom. The first-order chi connectivity index (χ1) is 9.97. The molecule has 1 N–H and O–H groups in total. The lowest BCUT2D eigenvalue weighted by Crippen LogP contribution is -2.05. The number of carbonyl (C=O) groups excluding carboxylic acids is 2. The van der Waals surface area contributed by atoms with E-state index >= 15 is 0 Å². The van der Waals surface area contributed by atoms with Crippen LogP contribution in [0.25, 0.3) is 0 Å². The summed E-state index contributed by atoms with van der Waals surface area (Å²) in [4.78, 5) is 23.9. The Kier molecular flexibility index (Phi) is 4.75. The van der Waals surface area contributed by atoms with Gasteiger partial charge in [-0.1, -0.05) is 17.8 Å². The minimum Gasteiger partial charge on any atom is -0.326 e. The molecule has 2 rings (SSSR count). The largest absolute Gasteiger partial charge is 0.326 e. The van der Waals surface area contributed by atoms with Gasteiger partial charge in [-0.15, -0.1) is 0 Å². The number of rotatable bonds is 4. The molecule has 0 atom stereocenters. The van der Waals surface area contributed by atoms with Crippen molar-refractivity contribution in [3.8, 4) is 0 Å². The van der Waals surface area contributed by atoms with E-state index in [1.807, 2.05) is 12.1 Å². The topological polar surface area (TPSA) is 46.2 Å². The van der Waals surface area contributed by atoms with Gasteiger partial charge in [0, 0.05) is 22.4 Å². The van der Waals surface area contributed by atoms with E-state index in [4.69, 9.17) is 0 Å². The average molecular weight is 303 g/mol. The molecular formula is C16H14FNO2S. The first kappa shape index (κ1) is 15.3. The lowest BCUT2D eigenvalue weighted by Gasteiger charge is -2.08. The highest BCUT2D eigenvalue weighted by molar-refractivity contribution is 7.99. The number of nitrogens with one attached hydrogen (secondary N) is 1. The van der Waals surface area contributed by atoms with Crippen LogP contribution in [0.4, 0.5) is 10.1 Å². The fourth-order valence-electron chi connectivity index (χ4n) is 1.87. The Balaban J connectivity index is 2.24. The van der Waals surface area contributed by atoms with Crippen LogP contribution in [0.3, 0.4) is 0 Å². The smallest absolute Gasteiger partial charge is 0.221 e. The van der Waals surface area contributed by atoms with Gasteiger partial charge in [0.1, 0.15) is 5.82 Å². The van der Waals surface area contributed by atoms with Gasteiger partial charge >= 0.3 is 0 Å². The average Bonchev–Trinajstić information content (AvgIpc) is 2.40. The number of benzene rings is 2. The summed E-state index contributed by atoms with van der Waals surface area (Å²) in [5, 5.41) is 2.67. The van der Waals surface area contributed by atoms with Crippen molar-refractivity contribution in [1.29, 1.82) is 0 Å². The Morgan fingerprint density at radius 3 is 2.29 bits per heavy atom. The minimum atomic E-state index is -0.512. The van der Waals surface area contributed by atoms with E-state index in [0.717, 1.165) is 4.90 Å². The molecule has 2 aromatic rings. The maximum absolute atomic E-state index is 13.7. The van der Waals surface area contributed by atoms with Crippen molar-refractivity contribution in [3.05, 3.63) is 53.8 Å². The normalized spacial score (nSPS) is 10.2. The third-order valence-electron chi connectivity index (χ3n) is 2.73. The predicted molar refractivity (Wildman–Crippen MR) is 81.3 cm³/mol. The highest BCUT2D eigenvalue weighted by atomic mass is 32.2. The van der Waals surface area contributed by atoms with Gasteiger partial charge in [-0.2, -0.15) is 0 Å². The summed E-state index contributed by atoms with van der Waals surface area (Å²) in [5.41, 5.74) is 0.798. The molecule has 0 saturated carbocycles.